The van der Waals surface area contributed by atoms with Crippen LogP contribution in [0.1, 0.15) is 6.85 Å². The predicted octanol–water partition coefficient (Wildman–Crippen LogP) is 1.72. The van der Waals surface area contributed by atoms with E-state index in [2.05, 4.69) is 9.97 Å². The Balaban J connectivity index is 1.43. The Labute approximate surface area is 200 Å². The first-order valence-corrected chi connectivity index (χ1v) is 10.2. The Hall–Kier alpha value is -3.95. The minimum absolute atomic E-state index is 0.0182. The molecule has 0 bridgehead atoms. The van der Waals surface area contributed by atoms with Crippen LogP contribution in [0.3, 0.4) is 0 Å². The van der Waals surface area contributed by atoms with Crippen LogP contribution < -0.4 is 29.6 Å². The number of nitrogen functional groups attached to an aromatic ring is 1. The summed E-state index contributed by atoms with van der Waals surface area (Å²) < 4.78 is 79.2. The number of aromatic nitrogens is 2. The van der Waals surface area contributed by atoms with Crippen LogP contribution in [0.2, 0.25) is 2.82 Å². The fraction of sp³-hybridized carbons (Fsp3) is 0.348. The van der Waals surface area contributed by atoms with Gasteiger partial charge in [0.15, 0.2) is 25.8 Å². The quantitative estimate of drug-likeness (QED) is 0.611. The molecule has 2 aliphatic rings. The number of hydrogen-bond acceptors (Lipinski definition) is 9. The molecule has 2 N–H and O–H groups in total. The van der Waals surface area contributed by atoms with Crippen molar-refractivity contribution >= 4 is 28.6 Å². The molecule has 2 aromatic carbocycles. The van der Waals surface area contributed by atoms with Crippen molar-refractivity contribution < 1.29 is 33.4 Å². The Morgan fingerprint density at radius 1 is 1.18 bits per heavy atom. The molecule has 0 radical (unpaired) electrons. The fourth-order valence-corrected chi connectivity index (χ4v) is 3.60. The third-order valence-corrected chi connectivity index (χ3v) is 5.32. The highest BCUT2D eigenvalue weighted by Crippen LogP contribution is 2.34. The van der Waals surface area contributed by atoms with Gasteiger partial charge in [0.1, 0.15) is 12.4 Å². The summed E-state index contributed by atoms with van der Waals surface area (Å²) in [7, 11) is 2.63. The van der Waals surface area contributed by atoms with Gasteiger partial charge in [-0.05, 0) is 18.2 Å². The van der Waals surface area contributed by atoms with Gasteiger partial charge in [0.05, 0.1) is 26.6 Å². The second-order valence-corrected chi connectivity index (χ2v) is 7.25. The standard InChI is InChI=1S/C23H25N5O5/c1-30-18-11-14-15(12-19(18)31-2)25-23(26-21(14)24)28-9-7-27(8-10-28)22(29)20-13-32-16-5-3-4-6-17(16)33-20/h3-6,11-12,20H,7-10,13H2,1-2H3,(H2,24,25,26)/i11D,12D,13D2,20D/hD2. The third-order valence-electron chi connectivity index (χ3n) is 5.32. The summed E-state index contributed by atoms with van der Waals surface area (Å²) in [6.45, 7) is -2.37. The van der Waals surface area contributed by atoms with Crippen LogP contribution >= 0.6 is 0 Å². The van der Waals surface area contributed by atoms with Gasteiger partial charge in [-0.25, -0.2) is 4.98 Å². The van der Waals surface area contributed by atoms with E-state index in [4.69, 9.17) is 28.6 Å². The molecule has 1 fully saturated rings. The number of carbonyl (C=O) groups excluding carboxylic acids is 1. The van der Waals surface area contributed by atoms with E-state index in [9.17, 15) is 4.79 Å². The molecule has 1 saturated heterocycles. The smallest absolute Gasteiger partial charge is 0.267 e. The molecule has 3 aromatic rings. The number of piperazine rings is 1. The first-order valence-electron chi connectivity index (χ1n) is 13.5. The molecule has 2 aliphatic heterocycles. The maximum Gasteiger partial charge on any atom is 0.267 e. The number of benzene rings is 2. The molecule has 0 saturated carbocycles. The molecule has 1 aromatic heterocycles. The minimum atomic E-state index is -2.77. The molecule has 33 heavy (non-hydrogen) atoms. The van der Waals surface area contributed by atoms with Crippen molar-refractivity contribution in [3.8, 4) is 23.0 Å². The number of anilines is 2. The van der Waals surface area contributed by atoms with Crippen LogP contribution in [-0.2, 0) is 4.79 Å². The molecule has 10 nitrogen and oxygen atoms in total. The summed E-state index contributed by atoms with van der Waals surface area (Å²) in [4.78, 5) is 25.1. The van der Waals surface area contributed by atoms with Gasteiger partial charge in [-0.3, -0.25) is 4.79 Å². The zero-order valence-corrected chi connectivity index (χ0v) is 17.9. The van der Waals surface area contributed by atoms with Crippen LogP contribution in [0.15, 0.2) is 36.4 Å². The largest absolute Gasteiger partial charge is 0.493 e. The van der Waals surface area contributed by atoms with Crippen molar-refractivity contribution in [1.29, 1.82) is 0 Å². The average Bonchev–Trinajstić information content (AvgIpc) is 2.94. The maximum atomic E-state index is 13.4. The molecule has 172 valence electrons. The molecule has 1 unspecified atom stereocenters. The second-order valence-electron chi connectivity index (χ2n) is 7.25. The van der Waals surface area contributed by atoms with Gasteiger partial charge < -0.3 is 34.5 Å². The number of methoxy groups -OCH3 is 2. The lowest BCUT2D eigenvalue weighted by atomic mass is 10.2. The SMILES string of the molecule is [2H]c1c(OC)c(OC)c([2H])c2c(N([2H])[2H])nc(N3CCN(C(=O)C4([2H])Oc5ccccc5OC4([2H])[2H])CC3)nc12. The molecular weight excluding hydrogens is 426 g/mol. The number of ether oxygens (including phenoxy) is 4. The highest BCUT2D eigenvalue weighted by atomic mass is 16.6. The van der Waals surface area contributed by atoms with Crippen LogP contribution in [0.5, 0.6) is 23.0 Å². The number of fused-ring (bicyclic) bond motifs is 2. The van der Waals surface area contributed by atoms with Crippen molar-refractivity contribution in [3.63, 3.8) is 0 Å². The van der Waals surface area contributed by atoms with Crippen molar-refractivity contribution in [3.05, 3.63) is 36.4 Å². The van der Waals surface area contributed by atoms with Gasteiger partial charge in [-0.15, -0.1) is 0 Å². The molecular formula is C23H25N5O5. The zero-order valence-electron chi connectivity index (χ0n) is 24.9. The highest BCUT2D eigenvalue weighted by Gasteiger charge is 2.33. The third kappa shape index (κ3) is 3.88. The van der Waals surface area contributed by atoms with Crippen molar-refractivity contribution in [2.45, 2.75) is 6.08 Å². The average molecular weight is 459 g/mol. The van der Waals surface area contributed by atoms with E-state index >= 15 is 0 Å². The minimum Gasteiger partial charge on any atom is -0.493 e. The van der Waals surface area contributed by atoms with Gasteiger partial charge in [-0.2, -0.15) is 4.98 Å². The van der Waals surface area contributed by atoms with Gasteiger partial charge in [-0.1, -0.05) is 12.1 Å². The summed E-state index contributed by atoms with van der Waals surface area (Å²) in [5.74, 6) is -1.01. The lowest BCUT2D eigenvalue weighted by Gasteiger charge is -2.37. The van der Waals surface area contributed by atoms with E-state index in [1.54, 1.807) is 17.0 Å². The Morgan fingerprint density at radius 3 is 2.64 bits per heavy atom. The monoisotopic (exact) mass is 458 g/mol. The first-order chi connectivity index (χ1) is 18.9. The van der Waals surface area contributed by atoms with Crippen LogP contribution in [-0.4, -0.2) is 73.8 Å². The summed E-state index contributed by atoms with van der Waals surface area (Å²) in [6, 6.07) is 5.77. The molecule has 1 atom stereocenters. The van der Waals surface area contributed by atoms with E-state index in [1.807, 2.05) is 0 Å². The van der Waals surface area contributed by atoms with Crippen LogP contribution in [0, 0.1) is 0 Å². The lowest BCUT2D eigenvalue weighted by molar-refractivity contribution is -0.141. The van der Waals surface area contributed by atoms with E-state index < -0.39 is 18.5 Å². The molecule has 3 heterocycles. The number of para-hydroxylation sites is 2. The summed E-state index contributed by atoms with van der Waals surface area (Å²) >= 11 is 0. The Bertz CT molecular complexity index is 1490. The van der Waals surface area contributed by atoms with Crippen LogP contribution in [0.25, 0.3) is 10.9 Å². The number of nitrogens with zero attached hydrogens (tertiary/aromatic N) is 4. The Morgan fingerprint density at radius 2 is 1.91 bits per heavy atom. The molecule has 0 spiro atoms. The molecule has 5 rings (SSSR count). The van der Waals surface area contributed by atoms with E-state index in [0.29, 0.717) is 0 Å². The summed E-state index contributed by atoms with van der Waals surface area (Å²) in [5, 5.41) is -0.0293. The Kier molecular flexibility index (Phi) is 3.68. The van der Waals surface area contributed by atoms with E-state index in [0.717, 1.165) is 0 Å². The zero-order chi connectivity index (χ0) is 29.0. The highest BCUT2D eigenvalue weighted by molar-refractivity contribution is 5.91. The number of carbonyl (C=O) groups is 1. The first kappa shape index (κ1) is 14.2. The second kappa shape index (κ2) is 8.53. The van der Waals surface area contributed by atoms with Gasteiger partial charge in [0, 0.05) is 37.6 Å². The predicted molar refractivity (Wildman–Crippen MR) is 122 cm³/mol. The number of rotatable bonds is 5. The van der Waals surface area contributed by atoms with Gasteiger partial charge >= 0.3 is 0 Å². The topological polar surface area (TPSA) is 112 Å². The van der Waals surface area contributed by atoms with Gasteiger partial charge in [0.2, 0.25) is 12.0 Å². The molecule has 10 heteroatoms. The van der Waals surface area contributed by atoms with Crippen LogP contribution in [0.4, 0.5) is 11.8 Å². The molecule has 0 aliphatic carbocycles. The fourth-order valence-electron chi connectivity index (χ4n) is 3.60. The van der Waals surface area contributed by atoms with Crippen molar-refractivity contribution in [1.82, 2.24) is 14.9 Å². The number of hydrogen-bond donors (Lipinski definition) is 1. The van der Waals surface area contributed by atoms with Gasteiger partial charge in [0.25, 0.3) is 5.91 Å². The van der Waals surface area contributed by atoms with Crippen molar-refractivity contribution in [2.24, 2.45) is 0 Å². The maximum absolute atomic E-state index is 13.4. The normalized spacial score (nSPS) is 24.4. The van der Waals surface area contributed by atoms with E-state index in [1.165, 1.54) is 31.3 Å². The summed E-state index contributed by atoms with van der Waals surface area (Å²) in [5.41, 5.74) is 0.205. The molecule has 1 amide bonds. The number of nitrogens with two attached hydrogens (primary N) is 1. The summed E-state index contributed by atoms with van der Waals surface area (Å²) in [6.07, 6.45) is -2.69. The van der Waals surface area contributed by atoms with E-state index in [-0.39, 0.29) is 89.7 Å². The lowest BCUT2D eigenvalue weighted by Crippen LogP contribution is -2.54. The number of amides is 1. The van der Waals surface area contributed by atoms with Crippen molar-refractivity contribution in [2.75, 3.05) is 57.6 Å².